The maximum absolute atomic E-state index is 12.3. The third kappa shape index (κ3) is 2.06. The predicted molar refractivity (Wildman–Crippen MR) is 49.1 cm³/mol. The molecule has 0 aliphatic carbocycles. The predicted octanol–water partition coefficient (Wildman–Crippen LogP) is 1.79. The lowest BCUT2D eigenvalue weighted by Crippen LogP contribution is -2.16. The molecule has 0 atom stereocenters. The lowest BCUT2D eigenvalue weighted by Gasteiger charge is -2.04. The number of aromatic amines is 1. The van der Waals surface area contributed by atoms with E-state index in [1.807, 2.05) is 0 Å². The van der Waals surface area contributed by atoms with Crippen LogP contribution in [0.2, 0.25) is 0 Å². The number of aromatic nitrogens is 1. The third-order valence-electron chi connectivity index (χ3n) is 1.54. The minimum absolute atomic E-state index is 0.308. The Bertz CT molecular complexity index is 364. The molecule has 0 aliphatic rings. The number of nitrogens with one attached hydrogen (secondary N) is 1. The molecule has 3 N–H and O–H groups in total. The van der Waals surface area contributed by atoms with E-state index in [-0.39, 0.29) is 0 Å². The molecule has 0 bridgehead atoms. The van der Waals surface area contributed by atoms with Crippen molar-refractivity contribution < 1.29 is 8.78 Å². The number of H-pyrrole nitrogens is 1. The van der Waals surface area contributed by atoms with Gasteiger partial charge in [-0.15, -0.1) is 0 Å². The van der Waals surface area contributed by atoms with E-state index >= 15 is 0 Å². The fourth-order valence-corrected chi connectivity index (χ4v) is 1.20. The quantitative estimate of drug-likeness (QED) is 0.789. The van der Waals surface area contributed by atoms with Gasteiger partial charge in [-0.05, 0) is 6.07 Å². The minimum Gasteiger partial charge on any atom is -0.394 e. The first kappa shape index (κ1) is 10.2. The van der Waals surface area contributed by atoms with Crippen LogP contribution < -0.4 is 11.3 Å². The first-order valence-corrected chi connectivity index (χ1v) is 4.54. The van der Waals surface area contributed by atoms with Crippen molar-refractivity contribution in [2.45, 2.75) is 11.8 Å². The molecule has 0 amide bonds. The maximum atomic E-state index is 12.3. The van der Waals surface area contributed by atoms with E-state index in [2.05, 4.69) is 20.9 Å². The zero-order valence-electron chi connectivity index (χ0n) is 6.48. The summed E-state index contributed by atoms with van der Waals surface area (Å²) in [5.41, 5.74) is 4.04. The van der Waals surface area contributed by atoms with Gasteiger partial charge in [0.2, 0.25) is 0 Å². The highest BCUT2D eigenvalue weighted by Gasteiger charge is 2.14. The van der Waals surface area contributed by atoms with E-state index in [0.717, 1.165) is 0 Å². The maximum Gasteiger partial charge on any atom is 0.271 e. The van der Waals surface area contributed by atoms with Crippen molar-refractivity contribution in [3.05, 3.63) is 27.7 Å². The molecule has 1 aromatic rings. The lowest BCUT2D eigenvalue weighted by atomic mass is 10.2. The van der Waals surface area contributed by atoms with Crippen LogP contribution in [0, 0.1) is 0 Å². The smallest absolute Gasteiger partial charge is 0.271 e. The van der Waals surface area contributed by atoms with Crippen LogP contribution in [-0.2, 0) is 5.33 Å². The van der Waals surface area contributed by atoms with Crippen LogP contribution in [-0.4, -0.2) is 4.98 Å². The molecule has 0 fully saturated rings. The van der Waals surface area contributed by atoms with Gasteiger partial charge in [0.15, 0.2) is 0 Å². The van der Waals surface area contributed by atoms with Crippen molar-refractivity contribution in [3.63, 3.8) is 0 Å². The molecule has 0 aliphatic heterocycles. The monoisotopic (exact) mass is 252 g/mol. The normalized spacial score (nSPS) is 10.8. The highest BCUT2D eigenvalue weighted by Crippen LogP contribution is 2.22. The number of nitrogens with two attached hydrogens (primary N) is 1. The van der Waals surface area contributed by atoms with Crippen molar-refractivity contribution in [3.8, 4) is 0 Å². The molecule has 0 aromatic carbocycles. The van der Waals surface area contributed by atoms with E-state index < -0.39 is 23.2 Å². The standard InChI is InChI=1S/C7H7BrF2N2O/c8-2-3-1-4(6(9)10)5(11)7(13)12-3/h1,6H,2,11H2,(H,12,13). The molecule has 1 aromatic heterocycles. The molecular weight excluding hydrogens is 246 g/mol. The first-order chi connectivity index (χ1) is 6.06. The van der Waals surface area contributed by atoms with Crippen LogP contribution >= 0.6 is 15.9 Å². The number of pyridine rings is 1. The molecule has 1 rings (SSSR count). The summed E-state index contributed by atoms with van der Waals surface area (Å²) in [7, 11) is 0. The third-order valence-corrected chi connectivity index (χ3v) is 2.14. The fraction of sp³-hybridized carbons (Fsp3) is 0.286. The zero-order chi connectivity index (χ0) is 10.0. The SMILES string of the molecule is Nc1c(C(F)F)cc(CBr)[nH]c1=O. The molecule has 0 unspecified atom stereocenters. The Morgan fingerprint density at radius 2 is 2.23 bits per heavy atom. The molecule has 72 valence electrons. The number of nitrogen functional groups attached to an aromatic ring is 1. The van der Waals surface area contributed by atoms with Gasteiger partial charge in [0, 0.05) is 16.6 Å². The first-order valence-electron chi connectivity index (χ1n) is 3.42. The van der Waals surface area contributed by atoms with Gasteiger partial charge in [0.25, 0.3) is 12.0 Å². The van der Waals surface area contributed by atoms with Crippen molar-refractivity contribution >= 4 is 21.6 Å². The van der Waals surface area contributed by atoms with Crippen LogP contribution in [0.15, 0.2) is 10.9 Å². The Balaban J connectivity index is 3.33. The summed E-state index contributed by atoms with van der Waals surface area (Å²) < 4.78 is 24.6. The number of alkyl halides is 3. The number of hydrogen-bond acceptors (Lipinski definition) is 2. The molecule has 0 spiro atoms. The molecule has 1 heterocycles. The van der Waals surface area contributed by atoms with Gasteiger partial charge in [-0.2, -0.15) is 0 Å². The van der Waals surface area contributed by atoms with Crippen molar-refractivity contribution in [2.75, 3.05) is 5.73 Å². The van der Waals surface area contributed by atoms with Gasteiger partial charge in [-0.25, -0.2) is 8.78 Å². The second-order valence-electron chi connectivity index (χ2n) is 2.43. The van der Waals surface area contributed by atoms with Crippen LogP contribution in [0.1, 0.15) is 17.7 Å². The van der Waals surface area contributed by atoms with Gasteiger partial charge < -0.3 is 10.7 Å². The summed E-state index contributed by atoms with van der Waals surface area (Å²) >= 11 is 3.04. The number of rotatable bonds is 2. The fourth-order valence-electron chi connectivity index (χ4n) is 0.898. The molecule has 0 saturated heterocycles. The van der Waals surface area contributed by atoms with E-state index in [1.54, 1.807) is 0 Å². The van der Waals surface area contributed by atoms with Gasteiger partial charge in [-0.3, -0.25) is 4.79 Å². The Morgan fingerprint density at radius 3 is 2.69 bits per heavy atom. The average Bonchev–Trinajstić information content (AvgIpc) is 2.09. The van der Waals surface area contributed by atoms with Gasteiger partial charge in [-0.1, -0.05) is 15.9 Å². The molecule has 3 nitrogen and oxygen atoms in total. The second kappa shape index (κ2) is 3.87. The Labute approximate surface area is 81.1 Å². The van der Waals surface area contributed by atoms with Crippen molar-refractivity contribution in [1.29, 1.82) is 0 Å². The van der Waals surface area contributed by atoms with Gasteiger partial charge >= 0.3 is 0 Å². The molecule has 6 heteroatoms. The molecule has 13 heavy (non-hydrogen) atoms. The summed E-state index contributed by atoms with van der Waals surface area (Å²) in [5, 5.41) is 0.308. The highest BCUT2D eigenvalue weighted by atomic mass is 79.9. The van der Waals surface area contributed by atoms with Gasteiger partial charge in [0.05, 0.1) is 0 Å². The Morgan fingerprint density at radius 1 is 1.62 bits per heavy atom. The summed E-state index contributed by atoms with van der Waals surface area (Å²) in [5.74, 6) is 0. The molecular formula is C7H7BrF2N2O. The summed E-state index contributed by atoms with van der Waals surface area (Å²) in [6, 6.07) is 1.18. The summed E-state index contributed by atoms with van der Waals surface area (Å²) in [6.45, 7) is 0. The van der Waals surface area contributed by atoms with E-state index in [4.69, 9.17) is 5.73 Å². The van der Waals surface area contributed by atoms with E-state index in [9.17, 15) is 13.6 Å². The number of anilines is 1. The molecule has 0 saturated carbocycles. The van der Waals surface area contributed by atoms with E-state index in [1.165, 1.54) is 6.07 Å². The highest BCUT2D eigenvalue weighted by molar-refractivity contribution is 9.08. The lowest BCUT2D eigenvalue weighted by molar-refractivity contribution is 0.152. The number of hydrogen-bond donors (Lipinski definition) is 2. The second-order valence-corrected chi connectivity index (χ2v) is 2.99. The van der Waals surface area contributed by atoms with E-state index in [0.29, 0.717) is 11.0 Å². The summed E-state index contributed by atoms with van der Waals surface area (Å²) in [6.07, 6.45) is -2.72. The Kier molecular flexibility index (Phi) is 3.02. The van der Waals surface area contributed by atoms with Crippen LogP contribution in [0.5, 0.6) is 0 Å². The van der Waals surface area contributed by atoms with Crippen LogP contribution in [0.4, 0.5) is 14.5 Å². The number of halogens is 3. The van der Waals surface area contributed by atoms with Crippen molar-refractivity contribution in [2.24, 2.45) is 0 Å². The van der Waals surface area contributed by atoms with Crippen LogP contribution in [0.25, 0.3) is 0 Å². The average molecular weight is 253 g/mol. The topological polar surface area (TPSA) is 58.9 Å². The van der Waals surface area contributed by atoms with Crippen molar-refractivity contribution in [1.82, 2.24) is 4.98 Å². The zero-order valence-corrected chi connectivity index (χ0v) is 8.07. The van der Waals surface area contributed by atoms with Crippen LogP contribution in [0.3, 0.4) is 0 Å². The molecule has 0 radical (unpaired) electrons. The summed E-state index contributed by atoms with van der Waals surface area (Å²) in [4.78, 5) is 13.3. The van der Waals surface area contributed by atoms with Gasteiger partial charge in [0.1, 0.15) is 5.69 Å². The largest absolute Gasteiger partial charge is 0.394 e. The minimum atomic E-state index is -2.72. The Hall–Kier alpha value is -0.910.